The maximum Gasteiger partial charge on any atom is 0.347 e. The molecule has 0 N–H and O–H groups in total. The highest BCUT2D eigenvalue weighted by molar-refractivity contribution is 6.04. The zero-order chi connectivity index (χ0) is 29.2. The lowest BCUT2D eigenvalue weighted by atomic mass is 10.0. The Labute approximate surface area is 244 Å². The van der Waals surface area contributed by atoms with Crippen molar-refractivity contribution in [2.45, 2.75) is 20.3 Å². The van der Waals surface area contributed by atoms with Crippen LogP contribution in [0.25, 0.3) is 55.1 Å². The Morgan fingerprint density at radius 2 is 1.00 bits per heavy atom. The fourth-order valence-electron chi connectivity index (χ4n) is 5.97. The first kappa shape index (κ1) is 25.0. The number of hydrogen-bond donors (Lipinski definition) is 0. The number of fused-ring (bicyclic) bond motifs is 6. The molecule has 0 aliphatic heterocycles. The van der Waals surface area contributed by atoms with Gasteiger partial charge in [0, 0.05) is 10.8 Å². The molecule has 208 valence electrons. The van der Waals surface area contributed by atoms with E-state index in [1.165, 1.54) is 0 Å². The van der Waals surface area contributed by atoms with Crippen molar-refractivity contribution in [1.82, 2.24) is 19.6 Å². The van der Waals surface area contributed by atoms with E-state index in [4.69, 9.17) is 19.0 Å². The van der Waals surface area contributed by atoms with Gasteiger partial charge < -0.3 is 8.83 Å². The van der Waals surface area contributed by atoms with E-state index in [0.29, 0.717) is 39.4 Å². The van der Waals surface area contributed by atoms with Gasteiger partial charge in [-0.25, -0.2) is 19.0 Å². The van der Waals surface area contributed by atoms with Crippen molar-refractivity contribution in [3.05, 3.63) is 140 Å². The van der Waals surface area contributed by atoms with Crippen LogP contribution >= 0.6 is 0 Å². The van der Waals surface area contributed by atoms with Gasteiger partial charge >= 0.3 is 11.3 Å². The first-order valence-electron chi connectivity index (χ1n) is 14.0. The number of aryl methyl sites for hydroxylation is 2. The summed E-state index contributed by atoms with van der Waals surface area (Å²) in [7, 11) is 0. The van der Waals surface area contributed by atoms with Crippen molar-refractivity contribution in [2.24, 2.45) is 0 Å². The molecule has 0 radical (unpaired) electrons. The largest absolute Gasteiger partial charge is 0.422 e. The van der Waals surface area contributed by atoms with Crippen LogP contribution in [-0.4, -0.2) is 19.6 Å². The van der Waals surface area contributed by atoms with Crippen molar-refractivity contribution in [3.8, 4) is 11.4 Å². The molecular formula is C35H24N4O4. The van der Waals surface area contributed by atoms with E-state index in [1.54, 1.807) is 9.36 Å². The molecule has 0 spiro atoms. The molecule has 8 nitrogen and oxygen atoms in total. The average Bonchev–Trinajstić information content (AvgIpc) is 3.57. The molecular weight excluding hydrogens is 540 g/mol. The quantitative estimate of drug-likeness (QED) is 0.219. The summed E-state index contributed by atoms with van der Waals surface area (Å²) >= 11 is 0. The van der Waals surface area contributed by atoms with Crippen molar-refractivity contribution in [3.63, 3.8) is 0 Å². The highest BCUT2D eigenvalue weighted by atomic mass is 16.4. The Bertz CT molecular complexity index is 2310. The molecule has 43 heavy (non-hydrogen) atoms. The van der Waals surface area contributed by atoms with E-state index in [2.05, 4.69) is 0 Å². The van der Waals surface area contributed by atoms with Crippen LogP contribution in [0.5, 0.6) is 0 Å². The van der Waals surface area contributed by atoms with Gasteiger partial charge in [0.25, 0.3) is 0 Å². The molecule has 4 aromatic heterocycles. The lowest BCUT2D eigenvalue weighted by molar-refractivity contribution is 0.569. The Morgan fingerprint density at radius 1 is 0.581 bits per heavy atom. The topological polar surface area (TPSA) is 96.1 Å². The normalized spacial score (nSPS) is 11.8. The number of rotatable bonds is 4. The molecule has 0 fully saturated rings. The predicted molar refractivity (Wildman–Crippen MR) is 167 cm³/mol. The second-order valence-corrected chi connectivity index (χ2v) is 10.7. The Hall–Kier alpha value is -5.76. The van der Waals surface area contributed by atoms with Crippen molar-refractivity contribution in [1.29, 1.82) is 0 Å². The van der Waals surface area contributed by atoms with Crippen LogP contribution in [0.3, 0.4) is 0 Å². The van der Waals surface area contributed by atoms with E-state index in [0.717, 1.165) is 44.7 Å². The minimum absolute atomic E-state index is 0.403. The second-order valence-electron chi connectivity index (χ2n) is 10.7. The van der Waals surface area contributed by atoms with Crippen LogP contribution in [0.1, 0.15) is 22.5 Å². The molecule has 8 aromatic rings. The van der Waals surface area contributed by atoms with E-state index < -0.39 is 11.3 Å². The highest BCUT2D eigenvalue weighted by Gasteiger charge is 2.19. The van der Waals surface area contributed by atoms with Crippen molar-refractivity contribution in [2.75, 3.05) is 0 Å². The molecule has 0 amide bonds. The van der Waals surface area contributed by atoms with Gasteiger partial charge in [-0.15, -0.1) is 0 Å². The van der Waals surface area contributed by atoms with E-state index in [9.17, 15) is 9.59 Å². The van der Waals surface area contributed by atoms with Crippen LogP contribution in [0.2, 0.25) is 0 Å². The maximum absolute atomic E-state index is 12.9. The van der Waals surface area contributed by atoms with Crippen LogP contribution in [0.15, 0.2) is 115 Å². The average molecular weight is 565 g/mol. The van der Waals surface area contributed by atoms with Gasteiger partial charge in [-0.1, -0.05) is 48.5 Å². The molecule has 0 saturated heterocycles. The third kappa shape index (κ3) is 3.91. The molecule has 4 heterocycles. The number of benzene rings is 4. The Kier molecular flexibility index (Phi) is 5.46. The SMILES string of the molecule is Cc1c2c(=O)oc3ccc(Cc4ccc5oc(=O)c6c(C)n(-c7ccccc7)nc6c5c4)cc3c2nn1-c1ccccc1. The molecule has 0 atom stereocenters. The van der Waals surface area contributed by atoms with Gasteiger partial charge in [0.15, 0.2) is 0 Å². The summed E-state index contributed by atoms with van der Waals surface area (Å²) in [5.74, 6) is 0. The van der Waals surface area contributed by atoms with Crippen LogP contribution in [-0.2, 0) is 6.42 Å². The minimum Gasteiger partial charge on any atom is -0.422 e. The number of nitrogens with zero attached hydrogens (tertiary/aromatic N) is 4. The summed E-state index contributed by atoms with van der Waals surface area (Å²) in [5.41, 5.74) is 6.64. The third-order valence-electron chi connectivity index (χ3n) is 8.05. The third-order valence-corrected chi connectivity index (χ3v) is 8.05. The Balaban J connectivity index is 1.25. The fourth-order valence-corrected chi connectivity index (χ4v) is 5.97. The summed E-state index contributed by atoms with van der Waals surface area (Å²) < 4.78 is 15.0. The lowest BCUT2D eigenvalue weighted by Crippen LogP contribution is -2.02. The standard InChI is InChI=1S/C35H24N4O4/c1-20-30-32(36-38(20)24-9-5-3-6-10-24)26-18-22(13-15-28(26)42-34(30)40)17-23-14-16-29-27(19-23)33-31(35(41)43-29)21(2)39(37-33)25-11-7-4-8-12-25/h3-16,18-19H,17H2,1-2H3. The fraction of sp³-hybridized carbons (Fsp3) is 0.0857. The summed E-state index contributed by atoms with van der Waals surface area (Å²) in [4.78, 5) is 25.9. The minimum atomic E-state index is -0.403. The molecule has 8 rings (SSSR count). The van der Waals surface area contributed by atoms with E-state index >= 15 is 0 Å². The lowest BCUT2D eigenvalue weighted by Gasteiger charge is -2.06. The zero-order valence-corrected chi connectivity index (χ0v) is 23.4. The molecule has 0 saturated carbocycles. The number of para-hydroxylation sites is 2. The van der Waals surface area contributed by atoms with Crippen LogP contribution in [0, 0.1) is 13.8 Å². The first-order valence-corrected chi connectivity index (χ1v) is 14.0. The van der Waals surface area contributed by atoms with Crippen molar-refractivity contribution >= 4 is 43.7 Å². The highest BCUT2D eigenvalue weighted by Crippen LogP contribution is 2.30. The Morgan fingerprint density at radius 3 is 1.42 bits per heavy atom. The van der Waals surface area contributed by atoms with Gasteiger partial charge in [0.2, 0.25) is 0 Å². The molecule has 0 bridgehead atoms. The van der Waals surface area contributed by atoms with Crippen LogP contribution in [0.4, 0.5) is 0 Å². The predicted octanol–water partition coefficient (Wildman–Crippen LogP) is 6.78. The summed E-state index contributed by atoms with van der Waals surface area (Å²) in [6.45, 7) is 3.76. The molecule has 0 aliphatic rings. The molecule has 0 aliphatic carbocycles. The monoisotopic (exact) mass is 564 g/mol. The smallest absolute Gasteiger partial charge is 0.347 e. The second kappa shape index (κ2) is 9.39. The van der Waals surface area contributed by atoms with Gasteiger partial charge in [-0.3, -0.25) is 0 Å². The maximum atomic E-state index is 12.9. The van der Waals surface area contributed by atoms with Gasteiger partial charge in [-0.2, -0.15) is 10.2 Å². The number of aromatic nitrogens is 4. The molecule has 8 heteroatoms. The summed E-state index contributed by atoms with van der Waals surface area (Å²) in [6.07, 6.45) is 0.601. The van der Waals surface area contributed by atoms with Crippen molar-refractivity contribution < 1.29 is 8.83 Å². The van der Waals surface area contributed by atoms with Gasteiger partial charge in [-0.05, 0) is 79.9 Å². The molecule has 0 unspecified atom stereocenters. The van der Waals surface area contributed by atoms with E-state index in [-0.39, 0.29) is 0 Å². The van der Waals surface area contributed by atoms with Gasteiger partial charge in [0.1, 0.15) is 33.0 Å². The van der Waals surface area contributed by atoms with Gasteiger partial charge in [0.05, 0.1) is 22.8 Å². The van der Waals surface area contributed by atoms with Crippen LogP contribution < -0.4 is 11.3 Å². The number of hydrogen-bond acceptors (Lipinski definition) is 6. The zero-order valence-electron chi connectivity index (χ0n) is 23.4. The summed E-state index contributed by atoms with van der Waals surface area (Å²) in [6, 6.07) is 31.1. The summed E-state index contributed by atoms with van der Waals surface area (Å²) in [5, 5.41) is 12.2. The molecule has 4 aromatic carbocycles. The van der Waals surface area contributed by atoms with E-state index in [1.807, 2.05) is 111 Å². The first-order chi connectivity index (χ1) is 21.0.